The van der Waals surface area contributed by atoms with Crippen molar-refractivity contribution < 1.29 is 13.2 Å². The largest absolute Gasteiger partial charge is 0.489 e. The van der Waals surface area contributed by atoms with Gasteiger partial charge in [-0.2, -0.15) is 4.98 Å². The minimum Gasteiger partial charge on any atom is -0.489 e. The van der Waals surface area contributed by atoms with Crippen molar-refractivity contribution >= 4 is 33.2 Å². The van der Waals surface area contributed by atoms with Gasteiger partial charge in [-0.1, -0.05) is 0 Å². The van der Waals surface area contributed by atoms with Gasteiger partial charge in [-0.25, -0.2) is 18.5 Å². The lowest BCUT2D eigenvalue weighted by Crippen LogP contribution is -2.11. The standard InChI is InChI=1S/C23H22N6O3S/c1-16-14-26-23(28-19-4-8-21(9-5-19)33(24,30)31)29-22(16)27-18-2-6-20(7-3-18)32-15-17-10-12-25-13-11-17/h2-14H,15H2,1H3,(H2,24,30,31)(H2,26,27,28,29). The molecular formula is C23H22N6O3S. The second-order valence-electron chi connectivity index (χ2n) is 7.21. The molecule has 2 aromatic carbocycles. The molecule has 9 nitrogen and oxygen atoms in total. The number of hydrogen-bond donors (Lipinski definition) is 3. The molecule has 168 valence electrons. The number of aromatic nitrogens is 3. The quantitative estimate of drug-likeness (QED) is 0.359. The molecule has 0 spiro atoms. The molecule has 2 aromatic heterocycles. The number of nitrogens with zero attached hydrogens (tertiary/aromatic N) is 3. The van der Waals surface area contributed by atoms with E-state index in [0.29, 0.717) is 24.1 Å². The number of pyridine rings is 1. The summed E-state index contributed by atoms with van der Waals surface area (Å²) in [5.41, 5.74) is 3.38. The summed E-state index contributed by atoms with van der Waals surface area (Å²) >= 11 is 0. The van der Waals surface area contributed by atoms with Crippen molar-refractivity contribution in [2.75, 3.05) is 10.6 Å². The summed E-state index contributed by atoms with van der Waals surface area (Å²) < 4.78 is 28.6. The molecule has 0 bridgehead atoms. The van der Waals surface area contributed by atoms with Crippen molar-refractivity contribution in [1.29, 1.82) is 0 Å². The van der Waals surface area contributed by atoms with Crippen molar-refractivity contribution in [3.8, 4) is 5.75 Å². The number of primary sulfonamides is 1. The lowest BCUT2D eigenvalue weighted by atomic mass is 10.2. The molecule has 0 aliphatic carbocycles. The number of rotatable bonds is 8. The monoisotopic (exact) mass is 462 g/mol. The van der Waals surface area contributed by atoms with Crippen LogP contribution in [-0.2, 0) is 16.6 Å². The van der Waals surface area contributed by atoms with E-state index in [1.54, 1.807) is 30.7 Å². The van der Waals surface area contributed by atoms with Gasteiger partial charge >= 0.3 is 0 Å². The number of nitrogens with two attached hydrogens (primary N) is 1. The third-order valence-electron chi connectivity index (χ3n) is 4.68. The van der Waals surface area contributed by atoms with Crippen LogP contribution in [0.3, 0.4) is 0 Å². The van der Waals surface area contributed by atoms with Crippen LogP contribution in [-0.4, -0.2) is 23.4 Å². The fourth-order valence-corrected chi connectivity index (χ4v) is 3.42. The zero-order valence-corrected chi connectivity index (χ0v) is 18.6. The highest BCUT2D eigenvalue weighted by molar-refractivity contribution is 7.89. The predicted molar refractivity (Wildman–Crippen MR) is 126 cm³/mol. The highest BCUT2D eigenvalue weighted by Crippen LogP contribution is 2.23. The molecule has 0 aliphatic rings. The lowest BCUT2D eigenvalue weighted by molar-refractivity contribution is 0.306. The second kappa shape index (κ2) is 9.63. The van der Waals surface area contributed by atoms with Crippen molar-refractivity contribution in [2.45, 2.75) is 18.4 Å². The summed E-state index contributed by atoms with van der Waals surface area (Å²) in [7, 11) is -3.74. The first-order chi connectivity index (χ1) is 15.9. The average Bonchev–Trinajstić information content (AvgIpc) is 2.81. The maximum atomic E-state index is 11.4. The average molecular weight is 463 g/mol. The number of anilines is 4. The van der Waals surface area contributed by atoms with Crippen LogP contribution >= 0.6 is 0 Å². The van der Waals surface area contributed by atoms with Gasteiger partial charge in [0.2, 0.25) is 16.0 Å². The smallest absolute Gasteiger partial charge is 0.238 e. The van der Waals surface area contributed by atoms with E-state index in [0.717, 1.165) is 22.6 Å². The zero-order chi connectivity index (χ0) is 23.3. The Balaban J connectivity index is 1.41. The van der Waals surface area contributed by atoms with Crippen LogP contribution in [0.15, 0.2) is 84.1 Å². The Morgan fingerprint density at radius 1 is 0.909 bits per heavy atom. The number of ether oxygens (including phenoxy) is 1. The molecule has 0 fully saturated rings. The minimum atomic E-state index is -3.74. The van der Waals surface area contributed by atoms with Gasteiger partial charge in [-0.3, -0.25) is 4.98 Å². The molecule has 4 rings (SSSR count). The van der Waals surface area contributed by atoms with Gasteiger partial charge in [0, 0.05) is 35.5 Å². The Kier molecular flexibility index (Phi) is 6.48. The van der Waals surface area contributed by atoms with Gasteiger partial charge < -0.3 is 15.4 Å². The normalized spacial score (nSPS) is 11.1. The maximum absolute atomic E-state index is 11.4. The molecule has 0 atom stereocenters. The summed E-state index contributed by atoms with van der Waals surface area (Å²) in [6.45, 7) is 2.37. The molecule has 4 N–H and O–H groups in total. The van der Waals surface area contributed by atoms with Gasteiger partial charge in [0.15, 0.2) is 0 Å². The maximum Gasteiger partial charge on any atom is 0.238 e. The second-order valence-corrected chi connectivity index (χ2v) is 8.77. The molecule has 0 saturated carbocycles. The van der Waals surface area contributed by atoms with E-state index in [4.69, 9.17) is 9.88 Å². The molecule has 0 unspecified atom stereocenters. The molecule has 2 heterocycles. The fourth-order valence-electron chi connectivity index (χ4n) is 2.90. The molecule has 0 radical (unpaired) electrons. The minimum absolute atomic E-state index is 0.0356. The summed E-state index contributed by atoms with van der Waals surface area (Å²) in [6.07, 6.45) is 5.17. The van der Waals surface area contributed by atoms with E-state index < -0.39 is 10.0 Å². The lowest BCUT2D eigenvalue weighted by Gasteiger charge is -2.12. The Labute approximate surface area is 191 Å². The van der Waals surface area contributed by atoms with Gasteiger partial charge in [0.1, 0.15) is 18.2 Å². The fraction of sp³-hybridized carbons (Fsp3) is 0.0870. The number of benzene rings is 2. The highest BCUT2D eigenvalue weighted by atomic mass is 32.2. The van der Waals surface area contributed by atoms with E-state index in [1.807, 2.05) is 43.3 Å². The van der Waals surface area contributed by atoms with E-state index in [-0.39, 0.29) is 4.90 Å². The Morgan fingerprint density at radius 3 is 2.21 bits per heavy atom. The van der Waals surface area contributed by atoms with Crippen LogP contribution < -0.4 is 20.5 Å². The van der Waals surface area contributed by atoms with Gasteiger partial charge in [0.25, 0.3) is 0 Å². The number of aryl methyl sites for hydroxylation is 1. The SMILES string of the molecule is Cc1cnc(Nc2ccc(S(N)(=O)=O)cc2)nc1Nc1ccc(OCc2ccncc2)cc1. The van der Waals surface area contributed by atoms with E-state index in [2.05, 4.69) is 25.6 Å². The van der Waals surface area contributed by atoms with Crippen LogP contribution in [0, 0.1) is 6.92 Å². The zero-order valence-electron chi connectivity index (χ0n) is 17.8. The third-order valence-corrected chi connectivity index (χ3v) is 5.61. The number of hydrogen-bond acceptors (Lipinski definition) is 8. The Bertz CT molecular complexity index is 1330. The van der Waals surface area contributed by atoms with Crippen molar-refractivity contribution in [2.24, 2.45) is 5.14 Å². The van der Waals surface area contributed by atoms with Crippen LogP contribution in [0.4, 0.5) is 23.1 Å². The molecule has 0 amide bonds. The molecular weight excluding hydrogens is 440 g/mol. The summed E-state index contributed by atoms with van der Waals surface area (Å²) in [5.74, 6) is 1.75. The van der Waals surface area contributed by atoms with E-state index in [1.165, 1.54) is 12.1 Å². The first-order valence-corrected chi connectivity index (χ1v) is 11.5. The van der Waals surface area contributed by atoms with Gasteiger partial charge in [0.05, 0.1) is 4.90 Å². The van der Waals surface area contributed by atoms with Crippen molar-refractivity contribution in [3.05, 3.63) is 90.4 Å². The predicted octanol–water partition coefficient (Wildman–Crippen LogP) is 3.89. The van der Waals surface area contributed by atoms with Crippen LogP contribution in [0.2, 0.25) is 0 Å². The van der Waals surface area contributed by atoms with Gasteiger partial charge in [-0.05, 0) is 73.2 Å². The summed E-state index contributed by atoms with van der Waals surface area (Å²) in [4.78, 5) is 12.8. The molecule has 4 aromatic rings. The summed E-state index contributed by atoms with van der Waals surface area (Å²) in [6, 6.07) is 17.4. The molecule has 33 heavy (non-hydrogen) atoms. The van der Waals surface area contributed by atoms with Crippen LogP contribution in [0.25, 0.3) is 0 Å². The van der Waals surface area contributed by atoms with Crippen LogP contribution in [0.5, 0.6) is 5.75 Å². The van der Waals surface area contributed by atoms with E-state index in [9.17, 15) is 8.42 Å². The summed E-state index contributed by atoms with van der Waals surface area (Å²) in [5, 5.41) is 11.5. The van der Waals surface area contributed by atoms with Crippen LogP contribution in [0.1, 0.15) is 11.1 Å². The third kappa shape index (κ3) is 6.03. The topological polar surface area (TPSA) is 132 Å². The molecule has 0 saturated heterocycles. The molecule has 10 heteroatoms. The van der Waals surface area contributed by atoms with Crippen molar-refractivity contribution in [3.63, 3.8) is 0 Å². The van der Waals surface area contributed by atoms with E-state index >= 15 is 0 Å². The first-order valence-electron chi connectivity index (χ1n) is 9.99. The van der Waals surface area contributed by atoms with Gasteiger partial charge in [-0.15, -0.1) is 0 Å². The Hall–Kier alpha value is -4.02. The van der Waals surface area contributed by atoms with Crippen molar-refractivity contribution in [1.82, 2.24) is 15.0 Å². The number of nitrogens with one attached hydrogen (secondary N) is 2. The highest BCUT2D eigenvalue weighted by Gasteiger charge is 2.09. The molecule has 0 aliphatic heterocycles. The number of sulfonamides is 1. The first kappa shape index (κ1) is 22.2. The Morgan fingerprint density at radius 2 is 1.55 bits per heavy atom.